The second-order valence-corrected chi connectivity index (χ2v) is 4.91. The average Bonchev–Trinajstić information content (AvgIpc) is 2.48. The zero-order chi connectivity index (χ0) is 10.3. The highest BCUT2D eigenvalue weighted by molar-refractivity contribution is 5.59. The lowest BCUT2D eigenvalue weighted by atomic mass is 9.82. The topological polar surface area (TPSA) is 24.7 Å². The maximum Gasteiger partial charge on any atom is 0.0943 e. The summed E-state index contributed by atoms with van der Waals surface area (Å²) < 4.78 is 0. The normalized spacial score (nSPS) is 14.6. The largest absolute Gasteiger partial charge is 0.184 e. The van der Waals surface area contributed by atoms with Gasteiger partial charge in [0.15, 0.2) is 0 Å². The van der Waals surface area contributed by atoms with Crippen LogP contribution in [0.4, 0.5) is 5.69 Å². The molecule has 2 rings (SSSR count). The Bertz CT molecular complexity index is 398. The van der Waals surface area contributed by atoms with Gasteiger partial charge in [0.05, 0.1) is 12.2 Å². The number of fused-ring (bicyclic) bond motifs is 1. The number of azo groups is 1. The third-order valence-corrected chi connectivity index (χ3v) is 2.63. The molecular formula is C12H16N2. The van der Waals surface area contributed by atoms with Crippen molar-refractivity contribution in [1.82, 2.24) is 0 Å². The molecule has 2 nitrogen and oxygen atoms in total. The standard InChI is InChI=1S/C12H16N2/c1-8-5-6-9-7-13-14-11(9)10(8)12(2,3)4/h5-6H,7H2,1-4H3. The van der Waals surface area contributed by atoms with E-state index in [2.05, 4.69) is 50.1 Å². The van der Waals surface area contributed by atoms with E-state index < -0.39 is 0 Å². The van der Waals surface area contributed by atoms with Crippen molar-refractivity contribution in [3.8, 4) is 0 Å². The lowest BCUT2D eigenvalue weighted by Gasteiger charge is -2.23. The highest BCUT2D eigenvalue weighted by Gasteiger charge is 2.24. The molecular weight excluding hydrogens is 172 g/mol. The van der Waals surface area contributed by atoms with Crippen LogP contribution in [-0.2, 0) is 12.0 Å². The lowest BCUT2D eigenvalue weighted by Crippen LogP contribution is -2.13. The highest BCUT2D eigenvalue weighted by Crippen LogP contribution is 2.39. The Labute approximate surface area is 85.1 Å². The Hall–Kier alpha value is -1.18. The number of nitrogens with zero attached hydrogens (tertiary/aromatic N) is 2. The van der Waals surface area contributed by atoms with Gasteiger partial charge < -0.3 is 0 Å². The van der Waals surface area contributed by atoms with Gasteiger partial charge in [-0.1, -0.05) is 32.9 Å². The van der Waals surface area contributed by atoms with E-state index in [0.29, 0.717) is 0 Å². The van der Waals surface area contributed by atoms with E-state index in [0.717, 1.165) is 12.2 Å². The number of rotatable bonds is 0. The predicted octanol–water partition coefficient (Wildman–Crippen LogP) is 3.89. The second-order valence-electron chi connectivity index (χ2n) is 4.91. The summed E-state index contributed by atoms with van der Waals surface area (Å²) in [4.78, 5) is 0. The first-order chi connectivity index (χ1) is 6.50. The molecule has 0 atom stereocenters. The maximum absolute atomic E-state index is 4.25. The van der Waals surface area contributed by atoms with Crippen LogP contribution in [-0.4, -0.2) is 0 Å². The SMILES string of the molecule is Cc1ccc2c(c1C(C)(C)C)N=NC2. The summed E-state index contributed by atoms with van der Waals surface area (Å²) >= 11 is 0. The van der Waals surface area contributed by atoms with Gasteiger partial charge >= 0.3 is 0 Å². The molecule has 0 saturated carbocycles. The summed E-state index contributed by atoms with van der Waals surface area (Å²) in [5.41, 5.74) is 5.19. The van der Waals surface area contributed by atoms with Crippen molar-refractivity contribution in [2.45, 2.75) is 39.7 Å². The third kappa shape index (κ3) is 1.35. The van der Waals surface area contributed by atoms with E-state index in [-0.39, 0.29) is 5.41 Å². The third-order valence-electron chi connectivity index (χ3n) is 2.63. The van der Waals surface area contributed by atoms with Crippen molar-refractivity contribution in [1.29, 1.82) is 0 Å². The molecule has 0 amide bonds. The quantitative estimate of drug-likeness (QED) is 0.590. The van der Waals surface area contributed by atoms with Crippen molar-refractivity contribution < 1.29 is 0 Å². The van der Waals surface area contributed by atoms with Crippen LogP contribution in [0.3, 0.4) is 0 Å². The Kier molecular flexibility index (Phi) is 1.95. The Balaban J connectivity index is 2.69. The molecule has 0 unspecified atom stereocenters. The summed E-state index contributed by atoms with van der Waals surface area (Å²) in [6, 6.07) is 4.32. The molecule has 74 valence electrons. The molecule has 14 heavy (non-hydrogen) atoms. The fourth-order valence-corrected chi connectivity index (χ4v) is 2.11. The summed E-state index contributed by atoms with van der Waals surface area (Å²) in [6.45, 7) is 9.57. The van der Waals surface area contributed by atoms with Crippen LogP contribution in [0, 0.1) is 6.92 Å². The fraction of sp³-hybridized carbons (Fsp3) is 0.500. The smallest absolute Gasteiger partial charge is 0.0943 e. The minimum Gasteiger partial charge on any atom is -0.184 e. The summed E-state index contributed by atoms with van der Waals surface area (Å²) in [5.74, 6) is 0. The van der Waals surface area contributed by atoms with E-state index in [9.17, 15) is 0 Å². The first-order valence-corrected chi connectivity index (χ1v) is 5.00. The molecule has 0 spiro atoms. The molecule has 2 heteroatoms. The van der Waals surface area contributed by atoms with Gasteiger partial charge in [-0.25, -0.2) is 0 Å². The minimum absolute atomic E-state index is 0.152. The number of aryl methyl sites for hydroxylation is 1. The Morgan fingerprint density at radius 1 is 1.21 bits per heavy atom. The Morgan fingerprint density at radius 2 is 1.93 bits per heavy atom. The van der Waals surface area contributed by atoms with Gasteiger partial charge in [0.25, 0.3) is 0 Å². The van der Waals surface area contributed by atoms with Crippen molar-refractivity contribution >= 4 is 5.69 Å². The molecule has 0 N–H and O–H groups in total. The van der Waals surface area contributed by atoms with E-state index in [1.54, 1.807) is 0 Å². The average molecular weight is 188 g/mol. The summed E-state index contributed by atoms with van der Waals surface area (Å²) in [7, 11) is 0. The molecule has 1 aromatic rings. The molecule has 0 aliphatic carbocycles. The molecule has 1 aliphatic heterocycles. The van der Waals surface area contributed by atoms with E-state index in [1.165, 1.54) is 16.7 Å². The first kappa shape index (κ1) is 9.38. The van der Waals surface area contributed by atoms with E-state index in [4.69, 9.17) is 0 Å². The van der Waals surface area contributed by atoms with Gasteiger partial charge in [0.1, 0.15) is 0 Å². The summed E-state index contributed by atoms with van der Waals surface area (Å²) in [6.07, 6.45) is 0. The van der Waals surface area contributed by atoms with Gasteiger partial charge in [-0.05, 0) is 23.5 Å². The second kappa shape index (κ2) is 2.91. The molecule has 0 saturated heterocycles. The molecule has 0 aromatic heterocycles. The van der Waals surface area contributed by atoms with Crippen molar-refractivity contribution in [2.24, 2.45) is 10.2 Å². The van der Waals surface area contributed by atoms with Gasteiger partial charge in [0, 0.05) is 5.56 Å². The maximum atomic E-state index is 4.25. The monoisotopic (exact) mass is 188 g/mol. The van der Waals surface area contributed by atoms with Gasteiger partial charge in [-0.3, -0.25) is 0 Å². The van der Waals surface area contributed by atoms with Gasteiger partial charge in [-0.15, -0.1) is 0 Å². The number of hydrogen-bond donors (Lipinski definition) is 0. The van der Waals surface area contributed by atoms with Crippen molar-refractivity contribution in [3.05, 3.63) is 28.8 Å². The van der Waals surface area contributed by atoms with Crippen molar-refractivity contribution in [2.75, 3.05) is 0 Å². The van der Waals surface area contributed by atoms with Gasteiger partial charge in [0.2, 0.25) is 0 Å². The molecule has 1 aromatic carbocycles. The van der Waals surface area contributed by atoms with E-state index >= 15 is 0 Å². The zero-order valence-corrected chi connectivity index (χ0v) is 9.26. The fourth-order valence-electron chi connectivity index (χ4n) is 2.11. The van der Waals surface area contributed by atoms with Crippen LogP contribution >= 0.6 is 0 Å². The van der Waals surface area contributed by atoms with Crippen LogP contribution in [0.5, 0.6) is 0 Å². The van der Waals surface area contributed by atoms with E-state index in [1.807, 2.05) is 0 Å². The predicted molar refractivity (Wildman–Crippen MR) is 58.1 cm³/mol. The highest BCUT2D eigenvalue weighted by atomic mass is 15.1. The summed E-state index contributed by atoms with van der Waals surface area (Å²) in [5, 5.41) is 8.34. The minimum atomic E-state index is 0.152. The number of hydrogen-bond acceptors (Lipinski definition) is 2. The van der Waals surface area contributed by atoms with Gasteiger partial charge in [-0.2, -0.15) is 10.2 Å². The zero-order valence-electron chi connectivity index (χ0n) is 9.26. The van der Waals surface area contributed by atoms with Crippen molar-refractivity contribution in [3.63, 3.8) is 0 Å². The van der Waals surface area contributed by atoms with Crippen LogP contribution in [0.1, 0.15) is 37.5 Å². The Morgan fingerprint density at radius 3 is 2.57 bits per heavy atom. The van der Waals surface area contributed by atoms with Crippen LogP contribution < -0.4 is 0 Å². The first-order valence-electron chi connectivity index (χ1n) is 5.00. The lowest BCUT2D eigenvalue weighted by molar-refractivity contribution is 0.587. The molecule has 0 bridgehead atoms. The molecule has 0 fully saturated rings. The van der Waals surface area contributed by atoms with Crippen LogP contribution in [0.25, 0.3) is 0 Å². The number of benzene rings is 1. The molecule has 1 aliphatic rings. The van der Waals surface area contributed by atoms with Crippen LogP contribution in [0.15, 0.2) is 22.4 Å². The molecule has 1 heterocycles. The van der Waals surface area contributed by atoms with Crippen LogP contribution in [0.2, 0.25) is 0 Å². The molecule has 0 radical (unpaired) electrons.